The lowest BCUT2D eigenvalue weighted by atomic mass is 10.1. The van der Waals surface area contributed by atoms with Gasteiger partial charge in [-0.2, -0.15) is 0 Å². The van der Waals surface area contributed by atoms with Crippen LogP contribution in [-0.4, -0.2) is 22.5 Å². The number of hydrogen-bond acceptors (Lipinski definition) is 3. The fraction of sp³-hybridized carbons (Fsp3) is 0.217. The van der Waals surface area contributed by atoms with E-state index in [1.807, 2.05) is 24.3 Å². The number of amides is 2. The molecule has 1 aromatic heterocycles. The van der Waals surface area contributed by atoms with Crippen LogP contribution in [0.1, 0.15) is 22.4 Å². The molecule has 0 aliphatic heterocycles. The van der Waals surface area contributed by atoms with Gasteiger partial charge in [0.1, 0.15) is 28.5 Å². The molecule has 0 unspecified atom stereocenters. The van der Waals surface area contributed by atoms with Gasteiger partial charge in [-0.05, 0) is 46.1 Å². The smallest absolute Gasteiger partial charge is 0.314 e. The van der Waals surface area contributed by atoms with Crippen molar-refractivity contribution in [1.29, 1.82) is 0 Å². The van der Waals surface area contributed by atoms with E-state index in [2.05, 4.69) is 15.9 Å². The zero-order valence-electron chi connectivity index (χ0n) is 17.6. The third-order valence-electron chi connectivity index (χ3n) is 4.97. The first-order chi connectivity index (χ1) is 15.2. The van der Waals surface area contributed by atoms with Gasteiger partial charge >= 0.3 is 6.03 Å². The minimum Gasteiger partial charge on any atom is -0.487 e. The maximum atomic E-state index is 13.8. The fourth-order valence-corrected chi connectivity index (χ4v) is 3.54. The summed E-state index contributed by atoms with van der Waals surface area (Å²) in [4.78, 5) is 25.4. The van der Waals surface area contributed by atoms with Gasteiger partial charge in [0.15, 0.2) is 0 Å². The van der Waals surface area contributed by atoms with Crippen LogP contribution in [0, 0.1) is 18.6 Å². The van der Waals surface area contributed by atoms with Gasteiger partial charge in [0, 0.05) is 37.0 Å². The third kappa shape index (κ3) is 5.53. The predicted octanol–water partition coefficient (Wildman–Crippen LogP) is 4.34. The van der Waals surface area contributed by atoms with Crippen LogP contribution in [0.15, 0.2) is 57.8 Å². The number of aryl methyl sites for hydroxylation is 1. The molecular formula is C23H22BrF2N3O3. The van der Waals surface area contributed by atoms with Crippen molar-refractivity contribution in [3.63, 3.8) is 0 Å². The Morgan fingerprint density at radius 2 is 1.78 bits per heavy atom. The van der Waals surface area contributed by atoms with E-state index in [1.54, 1.807) is 24.6 Å². The first-order valence-electron chi connectivity index (χ1n) is 9.70. The Morgan fingerprint density at radius 1 is 1.12 bits per heavy atom. The van der Waals surface area contributed by atoms with Gasteiger partial charge in [-0.3, -0.25) is 4.79 Å². The van der Waals surface area contributed by atoms with E-state index in [1.165, 1.54) is 11.0 Å². The number of aromatic nitrogens is 1. The number of benzene rings is 2. The number of carbonyl (C=O) groups is 1. The highest BCUT2D eigenvalue weighted by atomic mass is 79.9. The molecule has 2 amide bonds. The fourth-order valence-electron chi connectivity index (χ4n) is 3.10. The van der Waals surface area contributed by atoms with Crippen molar-refractivity contribution in [2.75, 3.05) is 7.05 Å². The van der Waals surface area contributed by atoms with E-state index in [-0.39, 0.29) is 28.0 Å². The summed E-state index contributed by atoms with van der Waals surface area (Å²) >= 11 is 3.27. The first kappa shape index (κ1) is 23.5. The Balaban J connectivity index is 1.75. The molecule has 0 aliphatic carbocycles. The van der Waals surface area contributed by atoms with E-state index in [4.69, 9.17) is 10.5 Å². The average molecular weight is 506 g/mol. The van der Waals surface area contributed by atoms with Gasteiger partial charge in [-0.1, -0.05) is 24.3 Å². The molecule has 3 rings (SSSR count). The summed E-state index contributed by atoms with van der Waals surface area (Å²) in [6.07, 6.45) is 0. The quantitative estimate of drug-likeness (QED) is 0.518. The van der Waals surface area contributed by atoms with Gasteiger partial charge in [-0.15, -0.1) is 0 Å². The van der Waals surface area contributed by atoms with E-state index in [0.717, 1.165) is 23.3 Å². The zero-order valence-corrected chi connectivity index (χ0v) is 19.2. The van der Waals surface area contributed by atoms with Crippen LogP contribution in [-0.2, 0) is 19.7 Å². The molecular weight excluding hydrogens is 484 g/mol. The molecule has 32 heavy (non-hydrogen) atoms. The number of rotatable bonds is 7. The van der Waals surface area contributed by atoms with Crippen LogP contribution in [0.2, 0.25) is 0 Å². The summed E-state index contributed by atoms with van der Waals surface area (Å²) in [7, 11) is 1.62. The molecule has 2 N–H and O–H groups in total. The van der Waals surface area contributed by atoms with Crippen LogP contribution in [0.5, 0.6) is 5.75 Å². The molecule has 2 aromatic carbocycles. The maximum Gasteiger partial charge on any atom is 0.314 e. The molecule has 6 nitrogen and oxygen atoms in total. The zero-order chi connectivity index (χ0) is 23.4. The lowest BCUT2D eigenvalue weighted by Crippen LogP contribution is -2.31. The Kier molecular flexibility index (Phi) is 7.29. The van der Waals surface area contributed by atoms with Crippen molar-refractivity contribution in [2.24, 2.45) is 5.73 Å². The van der Waals surface area contributed by atoms with Crippen LogP contribution in [0.4, 0.5) is 13.6 Å². The van der Waals surface area contributed by atoms with Crippen molar-refractivity contribution in [2.45, 2.75) is 26.6 Å². The van der Waals surface area contributed by atoms with Gasteiger partial charge in [0.05, 0.1) is 6.54 Å². The Hall–Kier alpha value is -3.20. The molecule has 0 saturated carbocycles. The lowest BCUT2D eigenvalue weighted by Gasteiger charge is -2.16. The molecule has 0 saturated heterocycles. The molecule has 3 aromatic rings. The largest absolute Gasteiger partial charge is 0.487 e. The van der Waals surface area contributed by atoms with E-state index in [0.29, 0.717) is 18.8 Å². The van der Waals surface area contributed by atoms with Crippen LogP contribution < -0.4 is 16.0 Å². The van der Waals surface area contributed by atoms with E-state index < -0.39 is 17.7 Å². The highest BCUT2D eigenvalue weighted by Gasteiger charge is 2.14. The summed E-state index contributed by atoms with van der Waals surface area (Å²) < 4.78 is 34.3. The number of primary amides is 1. The number of carbonyl (C=O) groups excluding carboxylic acids is 1. The SMILES string of the molecule is Cc1cc(OCc2ccc(F)cc2F)c(Br)c(=O)n1Cc1ccc(CN(C)C(N)=O)cc1. The second kappa shape index (κ2) is 9.95. The standard InChI is InChI=1S/C23H22BrF2N3O3/c1-14-9-20(32-13-17-7-8-18(25)10-19(17)26)21(24)22(30)29(14)12-16-5-3-15(4-6-16)11-28(2)23(27)31/h3-10H,11-13H2,1-2H3,(H2,27,31). The van der Waals surface area contributed by atoms with E-state index >= 15 is 0 Å². The number of ether oxygens (including phenoxy) is 1. The predicted molar refractivity (Wildman–Crippen MR) is 120 cm³/mol. The van der Waals surface area contributed by atoms with Crippen molar-refractivity contribution in [3.05, 3.63) is 97.4 Å². The highest BCUT2D eigenvalue weighted by molar-refractivity contribution is 9.10. The molecule has 0 atom stereocenters. The second-order valence-electron chi connectivity index (χ2n) is 7.39. The molecule has 0 radical (unpaired) electrons. The third-order valence-corrected chi connectivity index (χ3v) is 5.70. The molecule has 168 valence electrons. The van der Waals surface area contributed by atoms with Gasteiger partial charge in [-0.25, -0.2) is 13.6 Å². The average Bonchev–Trinajstić information content (AvgIpc) is 2.75. The van der Waals surface area contributed by atoms with Crippen molar-refractivity contribution in [3.8, 4) is 5.75 Å². The minimum absolute atomic E-state index is 0.144. The number of hydrogen-bond donors (Lipinski definition) is 1. The Bertz CT molecular complexity index is 1200. The number of pyridine rings is 1. The molecule has 0 spiro atoms. The van der Waals surface area contributed by atoms with Crippen LogP contribution in [0.25, 0.3) is 0 Å². The molecule has 0 bridgehead atoms. The Labute approximate surface area is 192 Å². The first-order valence-corrected chi connectivity index (χ1v) is 10.5. The van der Waals surface area contributed by atoms with Crippen LogP contribution in [0.3, 0.4) is 0 Å². The van der Waals surface area contributed by atoms with Crippen molar-refractivity contribution < 1.29 is 18.3 Å². The molecule has 0 aliphatic rings. The summed E-state index contributed by atoms with van der Waals surface area (Å²) in [5.41, 5.74) is 7.60. The summed E-state index contributed by atoms with van der Waals surface area (Å²) in [6.45, 7) is 2.35. The summed E-state index contributed by atoms with van der Waals surface area (Å²) in [6, 6.07) is 11.9. The number of halogens is 3. The number of nitrogens with zero attached hydrogens (tertiary/aromatic N) is 2. The highest BCUT2D eigenvalue weighted by Crippen LogP contribution is 2.24. The topological polar surface area (TPSA) is 77.6 Å². The number of nitrogens with two attached hydrogens (primary N) is 1. The minimum atomic E-state index is -0.711. The molecule has 1 heterocycles. The Morgan fingerprint density at radius 3 is 2.41 bits per heavy atom. The number of urea groups is 1. The normalized spacial score (nSPS) is 10.8. The maximum absolute atomic E-state index is 13.8. The molecule has 0 fully saturated rings. The summed E-state index contributed by atoms with van der Waals surface area (Å²) in [5, 5.41) is 0. The van der Waals surface area contributed by atoms with Gasteiger partial charge in [0.2, 0.25) is 0 Å². The lowest BCUT2D eigenvalue weighted by molar-refractivity contribution is 0.216. The van der Waals surface area contributed by atoms with Crippen LogP contribution >= 0.6 is 15.9 Å². The monoisotopic (exact) mass is 505 g/mol. The van der Waals surface area contributed by atoms with Gasteiger partial charge < -0.3 is 19.9 Å². The van der Waals surface area contributed by atoms with E-state index in [9.17, 15) is 18.4 Å². The van der Waals surface area contributed by atoms with Crippen molar-refractivity contribution in [1.82, 2.24) is 9.47 Å². The van der Waals surface area contributed by atoms with Crippen molar-refractivity contribution >= 4 is 22.0 Å². The summed E-state index contributed by atoms with van der Waals surface area (Å²) in [5.74, 6) is -1.10. The second-order valence-corrected chi connectivity index (χ2v) is 8.18. The molecule has 9 heteroatoms. The van der Waals surface area contributed by atoms with Gasteiger partial charge in [0.25, 0.3) is 5.56 Å².